The highest BCUT2D eigenvalue weighted by Gasteiger charge is 2.13. The van der Waals surface area contributed by atoms with Crippen molar-refractivity contribution in [3.8, 4) is 0 Å². The lowest BCUT2D eigenvalue weighted by atomic mass is 9.95. The van der Waals surface area contributed by atoms with Crippen LogP contribution in [-0.2, 0) is 19.9 Å². The number of rotatable bonds is 8. The Hall–Kier alpha value is -1.39. The normalized spacial score (nSPS) is 12.5. The second-order valence-electron chi connectivity index (χ2n) is 5.49. The van der Waals surface area contributed by atoms with Gasteiger partial charge in [0.1, 0.15) is 0 Å². The number of aromatic nitrogens is 3. The van der Waals surface area contributed by atoms with Gasteiger partial charge >= 0.3 is 0 Å². The lowest BCUT2D eigenvalue weighted by molar-refractivity contribution is 0.466. The van der Waals surface area contributed by atoms with Gasteiger partial charge in [-0.2, -0.15) is 0 Å². The standard InChI is InChI=1S/C16H23ClN4/c1-3-7-18-11-14(10-16-12-21(2)20-19-16)8-13-5-4-6-15(17)9-13/h4-6,9,12,14,18H,3,7-8,10-11H2,1-2H3. The Kier molecular flexibility index (Phi) is 6.21. The van der Waals surface area contributed by atoms with Crippen molar-refractivity contribution in [1.29, 1.82) is 0 Å². The summed E-state index contributed by atoms with van der Waals surface area (Å²) in [6.07, 6.45) is 5.06. The van der Waals surface area contributed by atoms with Gasteiger partial charge < -0.3 is 5.32 Å². The molecule has 0 aliphatic carbocycles. The maximum atomic E-state index is 6.08. The highest BCUT2D eigenvalue weighted by atomic mass is 35.5. The van der Waals surface area contributed by atoms with E-state index in [0.29, 0.717) is 5.92 Å². The van der Waals surface area contributed by atoms with Crippen LogP contribution >= 0.6 is 11.6 Å². The first-order valence-electron chi connectivity index (χ1n) is 7.47. The minimum absolute atomic E-state index is 0.492. The number of hydrogen-bond acceptors (Lipinski definition) is 3. The molecule has 1 unspecified atom stereocenters. The molecule has 1 aromatic heterocycles. The van der Waals surface area contributed by atoms with Crippen LogP contribution in [0.1, 0.15) is 24.6 Å². The molecule has 0 bridgehead atoms. The number of benzene rings is 1. The van der Waals surface area contributed by atoms with Gasteiger partial charge in [0, 0.05) is 18.3 Å². The molecule has 0 aliphatic heterocycles. The van der Waals surface area contributed by atoms with Crippen molar-refractivity contribution >= 4 is 11.6 Å². The van der Waals surface area contributed by atoms with Gasteiger partial charge in [-0.05, 0) is 56.0 Å². The van der Waals surface area contributed by atoms with Gasteiger partial charge in [-0.3, -0.25) is 4.68 Å². The topological polar surface area (TPSA) is 42.7 Å². The van der Waals surface area contributed by atoms with Gasteiger partial charge in [-0.1, -0.05) is 35.9 Å². The minimum atomic E-state index is 0.492. The fourth-order valence-electron chi connectivity index (χ4n) is 2.48. The Balaban J connectivity index is 2.00. The Morgan fingerprint density at radius 3 is 2.86 bits per heavy atom. The van der Waals surface area contributed by atoms with Crippen molar-refractivity contribution in [3.63, 3.8) is 0 Å². The third-order valence-corrected chi connectivity index (χ3v) is 3.66. The number of halogens is 1. The van der Waals surface area contributed by atoms with Crippen LogP contribution in [-0.4, -0.2) is 28.1 Å². The molecular weight excluding hydrogens is 284 g/mol. The van der Waals surface area contributed by atoms with E-state index < -0.39 is 0 Å². The highest BCUT2D eigenvalue weighted by molar-refractivity contribution is 6.30. The van der Waals surface area contributed by atoms with Crippen molar-refractivity contribution in [2.75, 3.05) is 13.1 Å². The van der Waals surface area contributed by atoms with Crippen molar-refractivity contribution in [2.45, 2.75) is 26.2 Å². The lowest BCUT2D eigenvalue weighted by Gasteiger charge is -2.16. The van der Waals surface area contributed by atoms with Gasteiger partial charge in [0.15, 0.2) is 0 Å². The number of nitrogens with one attached hydrogen (secondary N) is 1. The van der Waals surface area contributed by atoms with E-state index in [0.717, 1.165) is 43.1 Å². The Labute approximate surface area is 131 Å². The molecule has 5 heteroatoms. The second kappa shape index (κ2) is 8.15. The summed E-state index contributed by atoms with van der Waals surface area (Å²) < 4.78 is 1.76. The molecule has 114 valence electrons. The third-order valence-electron chi connectivity index (χ3n) is 3.42. The molecule has 4 nitrogen and oxygen atoms in total. The SMILES string of the molecule is CCCNCC(Cc1cccc(Cl)c1)Cc1cn(C)nn1. The van der Waals surface area contributed by atoms with Crippen LogP contribution < -0.4 is 5.32 Å². The summed E-state index contributed by atoms with van der Waals surface area (Å²) in [6, 6.07) is 8.11. The quantitative estimate of drug-likeness (QED) is 0.763. The summed E-state index contributed by atoms with van der Waals surface area (Å²) >= 11 is 6.08. The average molecular weight is 307 g/mol. The molecule has 2 aromatic rings. The molecular formula is C16H23ClN4. The summed E-state index contributed by atoms with van der Waals surface area (Å²) in [5, 5.41) is 12.5. The van der Waals surface area contributed by atoms with Crippen molar-refractivity contribution in [2.24, 2.45) is 13.0 Å². The maximum absolute atomic E-state index is 6.08. The first-order chi connectivity index (χ1) is 10.2. The maximum Gasteiger partial charge on any atom is 0.0830 e. The third kappa shape index (κ3) is 5.48. The molecule has 1 aromatic carbocycles. The van der Waals surface area contributed by atoms with Gasteiger partial charge in [0.2, 0.25) is 0 Å². The Morgan fingerprint density at radius 1 is 1.33 bits per heavy atom. The number of nitrogens with zero attached hydrogens (tertiary/aromatic N) is 3. The Bertz CT molecular complexity index is 553. The zero-order chi connectivity index (χ0) is 15.1. The molecule has 0 aliphatic rings. The van der Waals surface area contributed by atoms with E-state index in [9.17, 15) is 0 Å². The molecule has 0 saturated heterocycles. The average Bonchev–Trinajstić information content (AvgIpc) is 2.84. The molecule has 0 spiro atoms. The summed E-state index contributed by atoms with van der Waals surface area (Å²) in [5.41, 5.74) is 2.32. The molecule has 0 saturated carbocycles. The zero-order valence-corrected chi connectivity index (χ0v) is 13.5. The summed E-state index contributed by atoms with van der Waals surface area (Å²) in [6.45, 7) is 4.21. The molecule has 21 heavy (non-hydrogen) atoms. The first-order valence-corrected chi connectivity index (χ1v) is 7.85. The smallest absolute Gasteiger partial charge is 0.0830 e. The van der Waals surface area contributed by atoms with Crippen molar-refractivity contribution < 1.29 is 0 Å². The summed E-state index contributed by atoms with van der Waals surface area (Å²) in [7, 11) is 1.90. The molecule has 0 fully saturated rings. The second-order valence-corrected chi connectivity index (χ2v) is 5.93. The van der Waals surface area contributed by atoms with Gasteiger partial charge in [-0.25, -0.2) is 0 Å². The van der Waals surface area contributed by atoms with E-state index in [-0.39, 0.29) is 0 Å². The lowest BCUT2D eigenvalue weighted by Crippen LogP contribution is -2.26. The zero-order valence-electron chi connectivity index (χ0n) is 12.7. The van der Waals surface area contributed by atoms with Crippen LogP contribution in [0.2, 0.25) is 5.02 Å². The minimum Gasteiger partial charge on any atom is -0.316 e. The van der Waals surface area contributed by atoms with Crippen LogP contribution in [0.15, 0.2) is 30.5 Å². The molecule has 0 amide bonds. The van der Waals surface area contributed by atoms with Crippen LogP contribution in [0, 0.1) is 5.92 Å². The number of aryl methyl sites for hydroxylation is 1. The van der Waals surface area contributed by atoms with Crippen LogP contribution in [0.5, 0.6) is 0 Å². The van der Waals surface area contributed by atoms with Crippen LogP contribution in [0.25, 0.3) is 0 Å². The van der Waals surface area contributed by atoms with E-state index >= 15 is 0 Å². The fraction of sp³-hybridized carbons (Fsp3) is 0.500. The number of hydrogen-bond donors (Lipinski definition) is 1. The van der Waals surface area contributed by atoms with E-state index in [1.165, 1.54) is 5.56 Å². The monoisotopic (exact) mass is 306 g/mol. The van der Waals surface area contributed by atoms with Crippen LogP contribution in [0.4, 0.5) is 0 Å². The van der Waals surface area contributed by atoms with E-state index in [1.54, 1.807) is 4.68 Å². The molecule has 1 N–H and O–H groups in total. The largest absolute Gasteiger partial charge is 0.316 e. The van der Waals surface area contributed by atoms with Crippen LogP contribution in [0.3, 0.4) is 0 Å². The van der Waals surface area contributed by atoms with Gasteiger partial charge in [0.25, 0.3) is 0 Å². The molecule has 1 heterocycles. The highest BCUT2D eigenvalue weighted by Crippen LogP contribution is 2.16. The molecule has 1 atom stereocenters. The summed E-state index contributed by atoms with van der Waals surface area (Å²) in [5.74, 6) is 0.492. The van der Waals surface area contributed by atoms with Crippen molar-refractivity contribution in [1.82, 2.24) is 20.3 Å². The van der Waals surface area contributed by atoms with E-state index in [4.69, 9.17) is 11.6 Å². The molecule has 2 rings (SSSR count). The predicted octanol–water partition coefficient (Wildman–Crippen LogP) is 2.87. The van der Waals surface area contributed by atoms with Gasteiger partial charge in [0.05, 0.1) is 5.69 Å². The van der Waals surface area contributed by atoms with E-state index in [1.807, 2.05) is 31.4 Å². The van der Waals surface area contributed by atoms with Crippen molar-refractivity contribution in [3.05, 3.63) is 46.7 Å². The fourth-order valence-corrected chi connectivity index (χ4v) is 2.69. The summed E-state index contributed by atoms with van der Waals surface area (Å²) in [4.78, 5) is 0. The van der Waals surface area contributed by atoms with E-state index in [2.05, 4.69) is 28.6 Å². The first kappa shape index (κ1) is 16.0. The Morgan fingerprint density at radius 2 is 2.19 bits per heavy atom. The predicted molar refractivity (Wildman–Crippen MR) is 86.5 cm³/mol. The molecule has 0 radical (unpaired) electrons. The van der Waals surface area contributed by atoms with Gasteiger partial charge in [-0.15, -0.1) is 5.10 Å².